The summed E-state index contributed by atoms with van der Waals surface area (Å²) < 4.78 is 0. The van der Waals surface area contributed by atoms with Crippen LogP contribution in [0.15, 0.2) is 24.8 Å². The van der Waals surface area contributed by atoms with E-state index in [1.54, 1.807) is 12.2 Å². The van der Waals surface area contributed by atoms with Gasteiger partial charge in [0.25, 0.3) is 0 Å². The molecule has 0 aromatic carbocycles. The fraction of sp³-hybridized carbons (Fsp3) is 0.500. The lowest BCUT2D eigenvalue weighted by Crippen LogP contribution is -2.01. The minimum absolute atomic E-state index is 0.210. The van der Waals surface area contributed by atoms with E-state index in [0.717, 1.165) is 6.42 Å². The Balaban J connectivity index is 3.65. The molecule has 0 radical (unpaired) electrons. The molecule has 0 aliphatic heterocycles. The molecule has 0 aromatic heterocycles. The van der Waals surface area contributed by atoms with Crippen LogP contribution in [-0.4, -0.2) is 5.78 Å². The normalized spacial score (nSPS) is 13.3. The minimum Gasteiger partial charge on any atom is -0.295 e. The zero-order valence-corrected chi connectivity index (χ0v) is 7.34. The standard InChI is InChI=1S/C10H16O/c1-4-6-9(3)8-10(11)7-5-2/h4-5,7,9H,1,6,8H2,2-3H3/b7-5+/t9-/m0/s1. The number of carbonyl (C=O) groups is 1. The molecule has 0 amide bonds. The minimum atomic E-state index is 0.210. The van der Waals surface area contributed by atoms with Crippen molar-refractivity contribution in [2.24, 2.45) is 5.92 Å². The molecule has 0 rings (SSSR count). The Morgan fingerprint density at radius 1 is 1.64 bits per heavy atom. The summed E-state index contributed by atoms with van der Waals surface area (Å²) in [6.07, 6.45) is 6.82. The van der Waals surface area contributed by atoms with Crippen molar-refractivity contribution in [1.29, 1.82) is 0 Å². The molecule has 0 saturated heterocycles. The Bertz CT molecular complexity index is 156. The highest BCUT2D eigenvalue weighted by Crippen LogP contribution is 2.08. The van der Waals surface area contributed by atoms with Crippen LogP contribution in [0.25, 0.3) is 0 Å². The third-order valence-corrected chi connectivity index (χ3v) is 1.47. The molecule has 0 aliphatic rings. The first-order valence-electron chi connectivity index (χ1n) is 3.97. The monoisotopic (exact) mass is 152 g/mol. The first-order valence-corrected chi connectivity index (χ1v) is 3.97. The second kappa shape index (κ2) is 5.90. The molecule has 0 fully saturated rings. The zero-order chi connectivity index (χ0) is 8.69. The van der Waals surface area contributed by atoms with Gasteiger partial charge in [0.05, 0.1) is 0 Å². The summed E-state index contributed by atoms with van der Waals surface area (Å²) >= 11 is 0. The highest BCUT2D eigenvalue weighted by molar-refractivity contribution is 5.89. The van der Waals surface area contributed by atoms with Crippen LogP contribution < -0.4 is 0 Å². The predicted octanol–water partition coefficient (Wildman–Crippen LogP) is 2.73. The lowest BCUT2D eigenvalue weighted by molar-refractivity contribution is -0.115. The van der Waals surface area contributed by atoms with Crippen LogP contribution in [0, 0.1) is 5.92 Å². The molecule has 0 N–H and O–H groups in total. The molecular weight excluding hydrogens is 136 g/mol. The van der Waals surface area contributed by atoms with Gasteiger partial charge in [0.2, 0.25) is 0 Å². The van der Waals surface area contributed by atoms with Gasteiger partial charge in [-0.3, -0.25) is 4.79 Å². The van der Waals surface area contributed by atoms with Crippen LogP contribution in [0.3, 0.4) is 0 Å². The van der Waals surface area contributed by atoms with Crippen LogP contribution >= 0.6 is 0 Å². The fourth-order valence-electron chi connectivity index (χ4n) is 0.965. The summed E-state index contributed by atoms with van der Waals surface area (Å²) in [6.45, 7) is 7.54. The molecule has 0 heterocycles. The number of hydrogen-bond acceptors (Lipinski definition) is 1. The van der Waals surface area contributed by atoms with E-state index in [1.807, 2.05) is 13.0 Å². The highest BCUT2D eigenvalue weighted by Gasteiger charge is 2.03. The number of rotatable bonds is 5. The molecule has 1 atom stereocenters. The molecule has 0 spiro atoms. The molecule has 0 aromatic rings. The Kier molecular flexibility index (Phi) is 5.44. The van der Waals surface area contributed by atoms with E-state index in [0.29, 0.717) is 12.3 Å². The third-order valence-electron chi connectivity index (χ3n) is 1.47. The molecule has 62 valence electrons. The average molecular weight is 152 g/mol. The Morgan fingerprint density at radius 3 is 2.73 bits per heavy atom. The predicted molar refractivity (Wildman–Crippen MR) is 48.4 cm³/mol. The molecule has 0 unspecified atom stereocenters. The van der Waals surface area contributed by atoms with Gasteiger partial charge in [-0.25, -0.2) is 0 Å². The van der Waals surface area contributed by atoms with Crippen LogP contribution in [0.4, 0.5) is 0 Å². The van der Waals surface area contributed by atoms with E-state index >= 15 is 0 Å². The van der Waals surface area contributed by atoms with Gasteiger partial charge >= 0.3 is 0 Å². The lowest BCUT2D eigenvalue weighted by Gasteiger charge is -2.03. The van der Waals surface area contributed by atoms with Crippen LogP contribution in [0.5, 0.6) is 0 Å². The second-order valence-corrected chi connectivity index (χ2v) is 2.80. The average Bonchev–Trinajstić information content (AvgIpc) is 1.87. The molecule has 1 heteroatoms. The number of ketones is 1. The van der Waals surface area contributed by atoms with E-state index < -0.39 is 0 Å². The van der Waals surface area contributed by atoms with Crippen LogP contribution in [0.1, 0.15) is 26.7 Å². The van der Waals surface area contributed by atoms with E-state index in [2.05, 4.69) is 13.5 Å². The van der Waals surface area contributed by atoms with Crippen molar-refractivity contribution in [2.75, 3.05) is 0 Å². The van der Waals surface area contributed by atoms with Crippen LogP contribution in [0.2, 0.25) is 0 Å². The molecule has 0 saturated carbocycles. The van der Waals surface area contributed by atoms with Gasteiger partial charge in [0.15, 0.2) is 5.78 Å². The van der Waals surface area contributed by atoms with Crippen molar-refractivity contribution in [3.8, 4) is 0 Å². The smallest absolute Gasteiger partial charge is 0.155 e. The third kappa shape index (κ3) is 5.59. The summed E-state index contributed by atoms with van der Waals surface area (Å²) in [7, 11) is 0. The Labute approximate surface area is 68.8 Å². The summed E-state index contributed by atoms with van der Waals surface area (Å²) in [5.74, 6) is 0.637. The quantitative estimate of drug-likeness (QED) is 0.437. The van der Waals surface area contributed by atoms with Crippen molar-refractivity contribution in [3.63, 3.8) is 0 Å². The van der Waals surface area contributed by atoms with E-state index in [-0.39, 0.29) is 5.78 Å². The largest absolute Gasteiger partial charge is 0.295 e. The lowest BCUT2D eigenvalue weighted by atomic mass is 10.0. The van der Waals surface area contributed by atoms with Crippen molar-refractivity contribution >= 4 is 5.78 Å². The van der Waals surface area contributed by atoms with E-state index in [4.69, 9.17) is 0 Å². The first-order chi connectivity index (χ1) is 5.20. The van der Waals surface area contributed by atoms with Gasteiger partial charge in [-0.1, -0.05) is 19.1 Å². The van der Waals surface area contributed by atoms with Gasteiger partial charge in [-0.2, -0.15) is 0 Å². The highest BCUT2D eigenvalue weighted by atomic mass is 16.1. The Hall–Kier alpha value is -0.850. The van der Waals surface area contributed by atoms with Gasteiger partial charge in [0, 0.05) is 6.42 Å². The van der Waals surface area contributed by atoms with Crippen molar-refractivity contribution < 1.29 is 4.79 Å². The van der Waals surface area contributed by atoms with Gasteiger partial charge in [0.1, 0.15) is 0 Å². The maximum Gasteiger partial charge on any atom is 0.155 e. The van der Waals surface area contributed by atoms with Crippen molar-refractivity contribution in [2.45, 2.75) is 26.7 Å². The maximum absolute atomic E-state index is 11.0. The van der Waals surface area contributed by atoms with Crippen molar-refractivity contribution in [1.82, 2.24) is 0 Å². The topological polar surface area (TPSA) is 17.1 Å². The number of allylic oxidation sites excluding steroid dienone is 3. The molecule has 11 heavy (non-hydrogen) atoms. The second-order valence-electron chi connectivity index (χ2n) is 2.80. The summed E-state index contributed by atoms with van der Waals surface area (Å²) in [5.41, 5.74) is 0. The fourth-order valence-corrected chi connectivity index (χ4v) is 0.965. The number of hydrogen-bond donors (Lipinski definition) is 0. The van der Waals surface area contributed by atoms with Gasteiger partial charge in [-0.05, 0) is 25.3 Å². The summed E-state index contributed by atoms with van der Waals surface area (Å²) in [5, 5.41) is 0. The van der Waals surface area contributed by atoms with E-state index in [9.17, 15) is 4.79 Å². The summed E-state index contributed by atoms with van der Waals surface area (Å²) in [6, 6.07) is 0. The molecule has 0 bridgehead atoms. The maximum atomic E-state index is 11.0. The zero-order valence-electron chi connectivity index (χ0n) is 7.34. The first kappa shape index (κ1) is 10.2. The van der Waals surface area contributed by atoms with Gasteiger partial charge in [-0.15, -0.1) is 6.58 Å². The molecule has 0 aliphatic carbocycles. The molecule has 1 nitrogen and oxygen atoms in total. The van der Waals surface area contributed by atoms with Gasteiger partial charge < -0.3 is 0 Å². The Morgan fingerprint density at radius 2 is 2.27 bits per heavy atom. The summed E-state index contributed by atoms with van der Waals surface area (Å²) in [4.78, 5) is 11.0. The SMILES string of the molecule is C=CC[C@H](C)CC(=O)/C=C/C. The number of carbonyl (C=O) groups excluding carboxylic acids is 1. The van der Waals surface area contributed by atoms with Crippen molar-refractivity contribution in [3.05, 3.63) is 24.8 Å². The van der Waals surface area contributed by atoms with Crippen LogP contribution in [-0.2, 0) is 4.79 Å². The van der Waals surface area contributed by atoms with E-state index in [1.165, 1.54) is 0 Å². The molecular formula is C10H16O.